The van der Waals surface area contributed by atoms with E-state index in [1.165, 1.54) is 5.56 Å². The molecule has 0 fully saturated rings. The SMILES string of the molecule is CC1=C(N[N-]CCOCCOCCOCCN)C(C)C(/C=C(\C)c2cc(C)ccc2N)[N-]1. The van der Waals surface area contributed by atoms with E-state index in [-0.39, 0.29) is 12.0 Å². The summed E-state index contributed by atoms with van der Waals surface area (Å²) in [4.78, 5) is 0. The van der Waals surface area contributed by atoms with Crippen LogP contribution in [-0.2, 0) is 14.2 Å². The normalized spacial score (nSPS) is 18.8. The Labute approximate surface area is 192 Å². The fourth-order valence-electron chi connectivity index (χ4n) is 3.50. The molecule has 0 saturated carbocycles. The molecule has 0 aromatic heterocycles. The molecule has 0 radical (unpaired) electrons. The zero-order chi connectivity index (χ0) is 23.3. The Balaban J connectivity index is 1.66. The van der Waals surface area contributed by atoms with Crippen LogP contribution in [0.15, 0.2) is 35.7 Å². The third-order valence-corrected chi connectivity index (χ3v) is 5.31. The van der Waals surface area contributed by atoms with Gasteiger partial charge < -0.3 is 41.8 Å². The Kier molecular flexibility index (Phi) is 11.5. The fraction of sp³-hybridized carbons (Fsp3) is 0.583. The van der Waals surface area contributed by atoms with Gasteiger partial charge in [0, 0.05) is 24.4 Å². The van der Waals surface area contributed by atoms with E-state index in [2.05, 4.69) is 43.8 Å². The first-order chi connectivity index (χ1) is 15.4. The molecule has 0 saturated heterocycles. The maximum absolute atomic E-state index is 6.17. The molecule has 0 spiro atoms. The van der Waals surface area contributed by atoms with Crippen LogP contribution < -0.4 is 16.9 Å². The van der Waals surface area contributed by atoms with Gasteiger partial charge in [-0.05, 0) is 43.2 Å². The number of hydrogen-bond donors (Lipinski definition) is 3. The van der Waals surface area contributed by atoms with E-state index < -0.39 is 0 Å². The van der Waals surface area contributed by atoms with Gasteiger partial charge in [-0.25, -0.2) is 0 Å². The highest BCUT2D eigenvalue weighted by Gasteiger charge is 2.18. The minimum absolute atomic E-state index is 0.0647. The van der Waals surface area contributed by atoms with Gasteiger partial charge >= 0.3 is 0 Å². The Morgan fingerprint density at radius 1 is 1.09 bits per heavy atom. The van der Waals surface area contributed by atoms with E-state index in [1.54, 1.807) is 0 Å². The van der Waals surface area contributed by atoms with E-state index >= 15 is 0 Å². The number of nitrogens with one attached hydrogen (secondary N) is 1. The van der Waals surface area contributed by atoms with Crippen LogP contribution in [0.4, 0.5) is 5.69 Å². The van der Waals surface area contributed by atoms with Gasteiger partial charge in [0.05, 0.1) is 33.0 Å². The Hall–Kier alpha value is -2.10. The third-order valence-electron chi connectivity index (χ3n) is 5.31. The topological polar surface area (TPSA) is 120 Å². The van der Waals surface area contributed by atoms with Gasteiger partial charge in [0.25, 0.3) is 0 Å². The predicted octanol–water partition coefficient (Wildman–Crippen LogP) is 3.49. The van der Waals surface area contributed by atoms with Crippen LogP contribution in [0.2, 0.25) is 0 Å². The molecule has 2 rings (SSSR count). The summed E-state index contributed by atoms with van der Waals surface area (Å²) >= 11 is 0. The second kappa shape index (κ2) is 14.1. The second-order valence-corrected chi connectivity index (χ2v) is 7.97. The summed E-state index contributed by atoms with van der Waals surface area (Å²) in [7, 11) is 0. The maximum Gasteiger partial charge on any atom is 0.0701 e. The van der Waals surface area contributed by atoms with Crippen LogP contribution in [0.3, 0.4) is 0 Å². The van der Waals surface area contributed by atoms with Crippen molar-refractivity contribution in [1.82, 2.24) is 5.43 Å². The van der Waals surface area contributed by atoms with Gasteiger partial charge in [-0.3, -0.25) is 0 Å². The summed E-state index contributed by atoms with van der Waals surface area (Å²) in [5.41, 5.74) is 25.4. The number of nitrogen functional groups attached to an aromatic ring is 1. The molecule has 1 aliphatic heterocycles. The summed E-state index contributed by atoms with van der Waals surface area (Å²) in [6, 6.07) is 6.17. The van der Waals surface area contributed by atoms with Crippen molar-refractivity contribution in [2.75, 3.05) is 58.5 Å². The number of aryl methyl sites for hydroxylation is 1. The highest BCUT2D eigenvalue weighted by atomic mass is 16.5. The second-order valence-electron chi connectivity index (χ2n) is 7.97. The molecule has 1 aliphatic rings. The number of hydrogen-bond acceptors (Lipinski definition) is 6. The molecule has 8 heteroatoms. The monoisotopic (exact) mass is 445 g/mol. The van der Waals surface area contributed by atoms with E-state index in [4.69, 9.17) is 31.0 Å². The predicted molar refractivity (Wildman–Crippen MR) is 131 cm³/mol. The summed E-state index contributed by atoms with van der Waals surface area (Å²) < 4.78 is 16.2. The molecule has 1 aromatic rings. The largest absolute Gasteiger partial charge is 0.680 e. The fourth-order valence-corrected chi connectivity index (χ4v) is 3.50. The molecule has 1 heterocycles. The van der Waals surface area contributed by atoms with Crippen molar-refractivity contribution in [1.29, 1.82) is 0 Å². The molecular formula is C24H39N5O3-2. The smallest absolute Gasteiger partial charge is 0.0701 e. The first-order valence-corrected chi connectivity index (χ1v) is 11.3. The molecule has 5 N–H and O–H groups in total. The average Bonchev–Trinajstić information content (AvgIpc) is 3.03. The molecule has 2 unspecified atom stereocenters. The lowest BCUT2D eigenvalue weighted by atomic mass is 9.96. The number of allylic oxidation sites excluding steroid dienone is 2. The Morgan fingerprint density at radius 2 is 1.75 bits per heavy atom. The zero-order valence-corrected chi connectivity index (χ0v) is 19.9. The van der Waals surface area contributed by atoms with Gasteiger partial charge in [-0.15, -0.1) is 12.2 Å². The van der Waals surface area contributed by atoms with E-state index in [9.17, 15) is 0 Å². The first kappa shape index (κ1) is 26.2. The molecule has 32 heavy (non-hydrogen) atoms. The van der Waals surface area contributed by atoms with Gasteiger partial charge in [-0.2, -0.15) is 0 Å². The van der Waals surface area contributed by atoms with Crippen LogP contribution in [0.25, 0.3) is 16.3 Å². The molecule has 0 amide bonds. The van der Waals surface area contributed by atoms with Crippen LogP contribution in [0.1, 0.15) is 31.9 Å². The van der Waals surface area contributed by atoms with Gasteiger partial charge in [0.15, 0.2) is 0 Å². The third kappa shape index (κ3) is 8.44. The van der Waals surface area contributed by atoms with Crippen molar-refractivity contribution < 1.29 is 14.2 Å². The summed E-state index contributed by atoms with van der Waals surface area (Å²) in [5.74, 6) is 0.218. The molecule has 0 bridgehead atoms. The molecular weight excluding hydrogens is 406 g/mol. The Bertz CT molecular complexity index is 766. The van der Waals surface area contributed by atoms with E-state index in [1.807, 2.05) is 19.1 Å². The lowest BCUT2D eigenvalue weighted by Crippen LogP contribution is -2.20. The number of ether oxygens (including phenoxy) is 3. The molecule has 8 nitrogen and oxygen atoms in total. The molecule has 1 aromatic carbocycles. The highest BCUT2D eigenvalue weighted by Crippen LogP contribution is 2.36. The van der Waals surface area contributed by atoms with Crippen LogP contribution >= 0.6 is 0 Å². The van der Waals surface area contributed by atoms with Crippen molar-refractivity contribution in [3.63, 3.8) is 0 Å². The summed E-state index contributed by atoms with van der Waals surface area (Å²) in [5, 5.41) is 4.82. The number of rotatable bonds is 15. The standard InChI is InChI=1S/C24H39N5O3/c1-17-5-6-22(26)21(15-17)18(2)16-23-19(3)24(20(4)28-23)29-27-8-10-31-12-14-32-13-11-30-9-7-25/h5-6,15-16,19,23,29H,7-14,25-26H2,1-4H3/q-2/b18-16+. The summed E-state index contributed by atoms with van der Waals surface area (Å²) in [6.45, 7) is 12.7. The number of benzene rings is 1. The summed E-state index contributed by atoms with van der Waals surface area (Å²) in [6.07, 6.45) is 2.19. The minimum atomic E-state index is 0.0647. The maximum atomic E-state index is 6.17. The number of nitrogens with two attached hydrogens (primary N) is 2. The van der Waals surface area contributed by atoms with Gasteiger partial charge in [0.2, 0.25) is 0 Å². The van der Waals surface area contributed by atoms with Crippen LogP contribution in [0.5, 0.6) is 0 Å². The van der Waals surface area contributed by atoms with Crippen LogP contribution in [-0.4, -0.2) is 58.8 Å². The number of nitrogens with zero attached hydrogens (tertiary/aromatic N) is 2. The minimum Gasteiger partial charge on any atom is -0.680 e. The van der Waals surface area contributed by atoms with Gasteiger partial charge in [0.1, 0.15) is 0 Å². The lowest BCUT2D eigenvalue weighted by Gasteiger charge is -2.30. The molecule has 180 valence electrons. The van der Waals surface area contributed by atoms with Crippen LogP contribution in [0, 0.1) is 12.8 Å². The quantitative estimate of drug-likeness (QED) is 0.216. The number of anilines is 1. The first-order valence-electron chi connectivity index (χ1n) is 11.3. The Morgan fingerprint density at radius 3 is 2.44 bits per heavy atom. The van der Waals surface area contributed by atoms with E-state index in [0.717, 1.165) is 28.2 Å². The van der Waals surface area contributed by atoms with Crippen molar-refractivity contribution in [3.05, 3.63) is 57.5 Å². The van der Waals surface area contributed by atoms with Gasteiger partial charge in [-0.1, -0.05) is 37.6 Å². The lowest BCUT2D eigenvalue weighted by molar-refractivity contribution is 0.0179. The average molecular weight is 446 g/mol. The van der Waals surface area contributed by atoms with Crippen molar-refractivity contribution in [2.24, 2.45) is 11.7 Å². The zero-order valence-electron chi connectivity index (χ0n) is 19.9. The van der Waals surface area contributed by atoms with E-state index in [0.29, 0.717) is 52.7 Å². The molecule has 0 aliphatic carbocycles. The highest BCUT2D eigenvalue weighted by molar-refractivity contribution is 5.75. The van der Waals surface area contributed by atoms with Crippen molar-refractivity contribution in [2.45, 2.75) is 33.7 Å². The van der Waals surface area contributed by atoms with Crippen molar-refractivity contribution >= 4 is 11.3 Å². The van der Waals surface area contributed by atoms with Crippen molar-refractivity contribution in [3.8, 4) is 0 Å². The molecule has 2 atom stereocenters.